The fraction of sp³-hybridized carbons (Fsp3) is 0.929. The number of carbonyl (C=O) groups is 1. The van der Waals surface area contributed by atoms with Gasteiger partial charge in [0.1, 0.15) is 0 Å². The number of rotatable bonds is 2. The number of nitrogens with zero attached hydrogens (tertiary/aromatic N) is 1. The Bertz CT molecular complexity index is 280. The molecule has 17 heavy (non-hydrogen) atoms. The number of piperidine rings is 1. The van der Waals surface area contributed by atoms with Crippen LogP contribution < -0.4 is 0 Å². The van der Waals surface area contributed by atoms with Crippen molar-refractivity contribution in [1.29, 1.82) is 0 Å². The van der Waals surface area contributed by atoms with Gasteiger partial charge in [-0.25, -0.2) is 0 Å². The zero-order valence-electron chi connectivity index (χ0n) is 11.1. The Morgan fingerprint density at radius 1 is 1.29 bits per heavy atom. The number of carbonyl (C=O) groups excluding carboxylic acids is 1. The maximum absolute atomic E-state index is 12.5. The van der Waals surface area contributed by atoms with Crippen molar-refractivity contribution in [3.63, 3.8) is 0 Å². The summed E-state index contributed by atoms with van der Waals surface area (Å²) in [6.45, 7) is 6.41. The van der Waals surface area contributed by atoms with Gasteiger partial charge < -0.3 is 10.0 Å². The second-order valence-corrected chi connectivity index (χ2v) is 6.38. The van der Waals surface area contributed by atoms with Gasteiger partial charge in [0.15, 0.2) is 0 Å². The number of amides is 1. The molecule has 2 fully saturated rings. The van der Waals surface area contributed by atoms with E-state index in [4.69, 9.17) is 5.11 Å². The summed E-state index contributed by atoms with van der Waals surface area (Å²) in [4.78, 5) is 14.5. The van der Waals surface area contributed by atoms with Gasteiger partial charge in [-0.15, -0.1) is 0 Å². The van der Waals surface area contributed by atoms with E-state index in [1.54, 1.807) is 0 Å². The van der Waals surface area contributed by atoms with Crippen LogP contribution in [0.2, 0.25) is 0 Å². The highest BCUT2D eigenvalue weighted by atomic mass is 16.3. The molecule has 3 heteroatoms. The first-order valence-corrected chi connectivity index (χ1v) is 6.94. The number of hydrogen-bond donors (Lipinski definition) is 1. The molecule has 0 radical (unpaired) electrons. The van der Waals surface area contributed by atoms with Gasteiger partial charge in [-0.1, -0.05) is 20.3 Å². The third-order valence-electron chi connectivity index (χ3n) is 4.74. The maximum Gasteiger partial charge on any atom is 0.226 e. The van der Waals surface area contributed by atoms with Crippen molar-refractivity contribution in [3.8, 4) is 0 Å². The molecule has 2 rings (SSSR count). The third-order valence-corrected chi connectivity index (χ3v) is 4.74. The summed E-state index contributed by atoms with van der Waals surface area (Å²) in [7, 11) is 0. The van der Waals surface area contributed by atoms with Crippen LogP contribution in [0.5, 0.6) is 0 Å². The minimum atomic E-state index is 0.185. The number of likely N-dealkylation sites (tertiary alicyclic amines) is 1. The molecule has 1 atom stereocenters. The van der Waals surface area contributed by atoms with Gasteiger partial charge >= 0.3 is 0 Å². The molecule has 1 saturated heterocycles. The SMILES string of the molecule is CC1(C)CCCC1C(=O)N1CCC(CO)CC1. The van der Waals surface area contributed by atoms with Gasteiger partial charge in [-0.2, -0.15) is 0 Å². The molecule has 2 aliphatic rings. The molecule has 0 aromatic carbocycles. The van der Waals surface area contributed by atoms with E-state index in [0.717, 1.165) is 32.4 Å². The summed E-state index contributed by atoms with van der Waals surface area (Å²) in [5, 5.41) is 9.11. The quantitative estimate of drug-likeness (QED) is 0.801. The normalized spacial score (nSPS) is 29.6. The monoisotopic (exact) mass is 239 g/mol. The minimum Gasteiger partial charge on any atom is -0.396 e. The van der Waals surface area contributed by atoms with E-state index in [2.05, 4.69) is 13.8 Å². The van der Waals surface area contributed by atoms with Crippen molar-refractivity contribution in [3.05, 3.63) is 0 Å². The van der Waals surface area contributed by atoms with Gasteiger partial charge in [0.05, 0.1) is 0 Å². The first-order valence-electron chi connectivity index (χ1n) is 6.94. The predicted octanol–water partition coefficient (Wildman–Crippen LogP) is 2.04. The average molecular weight is 239 g/mol. The van der Waals surface area contributed by atoms with Crippen molar-refractivity contribution in [1.82, 2.24) is 4.90 Å². The molecule has 0 bridgehead atoms. The smallest absolute Gasteiger partial charge is 0.226 e. The van der Waals surface area contributed by atoms with Crippen LogP contribution in [0, 0.1) is 17.3 Å². The van der Waals surface area contributed by atoms with Crippen LogP contribution in [0.1, 0.15) is 46.0 Å². The molecule has 0 spiro atoms. The van der Waals surface area contributed by atoms with Gasteiger partial charge in [-0.05, 0) is 37.0 Å². The Morgan fingerprint density at radius 2 is 1.94 bits per heavy atom. The number of hydrogen-bond acceptors (Lipinski definition) is 2. The Balaban J connectivity index is 1.93. The average Bonchev–Trinajstić information content (AvgIpc) is 2.68. The zero-order valence-corrected chi connectivity index (χ0v) is 11.1. The van der Waals surface area contributed by atoms with Crippen molar-refractivity contribution < 1.29 is 9.90 Å². The molecule has 3 nitrogen and oxygen atoms in total. The molecule has 1 heterocycles. The van der Waals surface area contributed by atoms with Crippen molar-refractivity contribution in [2.75, 3.05) is 19.7 Å². The molecule has 0 aromatic heterocycles. The highest BCUT2D eigenvalue weighted by molar-refractivity contribution is 5.80. The lowest BCUT2D eigenvalue weighted by Crippen LogP contribution is -2.44. The largest absolute Gasteiger partial charge is 0.396 e. The molecule has 98 valence electrons. The van der Waals surface area contributed by atoms with Gasteiger partial charge in [0, 0.05) is 25.6 Å². The molecule has 1 aliphatic carbocycles. The standard InChI is InChI=1S/C14H25NO2/c1-14(2)7-3-4-12(14)13(17)15-8-5-11(10-16)6-9-15/h11-12,16H,3-10H2,1-2H3. The molecule has 1 amide bonds. The summed E-state index contributed by atoms with van der Waals surface area (Å²) in [5.41, 5.74) is 0.185. The van der Waals surface area contributed by atoms with E-state index < -0.39 is 0 Å². The van der Waals surface area contributed by atoms with E-state index in [1.165, 1.54) is 12.8 Å². The maximum atomic E-state index is 12.5. The molecular weight excluding hydrogens is 214 g/mol. The summed E-state index contributed by atoms with van der Waals surface area (Å²) in [6.07, 6.45) is 5.36. The summed E-state index contributed by atoms with van der Waals surface area (Å²) < 4.78 is 0. The molecule has 1 N–H and O–H groups in total. The van der Waals surface area contributed by atoms with E-state index in [9.17, 15) is 4.79 Å². The fourth-order valence-corrected chi connectivity index (χ4v) is 3.34. The third kappa shape index (κ3) is 2.65. The van der Waals surface area contributed by atoms with Gasteiger partial charge in [-0.3, -0.25) is 4.79 Å². The second-order valence-electron chi connectivity index (χ2n) is 6.38. The lowest BCUT2D eigenvalue weighted by molar-refractivity contribution is -0.140. The van der Waals surface area contributed by atoms with E-state index >= 15 is 0 Å². The highest BCUT2D eigenvalue weighted by Crippen LogP contribution is 2.43. The highest BCUT2D eigenvalue weighted by Gasteiger charge is 2.41. The Kier molecular flexibility index (Phi) is 3.76. The lowest BCUT2D eigenvalue weighted by Gasteiger charge is -2.36. The van der Waals surface area contributed by atoms with Crippen LogP contribution >= 0.6 is 0 Å². The molecule has 1 aliphatic heterocycles. The summed E-state index contributed by atoms with van der Waals surface area (Å²) >= 11 is 0. The summed E-state index contributed by atoms with van der Waals surface area (Å²) in [5.74, 6) is 1.01. The minimum absolute atomic E-state index is 0.185. The number of aliphatic hydroxyl groups excluding tert-OH is 1. The predicted molar refractivity (Wildman–Crippen MR) is 67.5 cm³/mol. The van der Waals surface area contributed by atoms with Crippen LogP contribution in [0.15, 0.2) is 0 Å². The topological polar surface area (TPSA) is 40.5 Å². The van der Waals surface area contributed by atoms with Crippen LogP contribution in [-0.2, 0) is 4.79 Å². The molecule has 0 aromatic rings. The second kappa shape index (κ2) is 4.97. The first kappa shape index (κ1) is 12.9. The van der Waals surface area contributed by atoms with E-state index in [1.807, 2.05) is 4.90 Å². The fourth-order valence-electron chi connectivity index (χ4n) is 3.34. The van der Waals surface area contributed by atoms with E-state index in [-0.39, 0.29) is 17.9 Å². The van der Waals surface area contributed by atoms with Crippen LogP contribution in [0.4, 0.5) is 0 Å². The van der Waals surface area contributed by atoms with E-state index in [0.29, 0.717) is 11.8 Å². The van der Waals surface area contributed by atoms with Crippen molar-refractivity contribution in [2.24, 2.45) is 17.3 Å². The van der Waals surface area contributed by atoms with Gasteiger partial charge in [0.25, 0.3) is 0 Å². The van der Waals surface area contributed by atoms with Gasteiger partial charge in [0.2, 0.25) is 5.91 Å². The zero-order chi connectivity index (χ0) is 12.5. The first-order chi connectivity index (χ1) is 8.04. The number of aliphatic hydroxyl groups is 1. The Labute approximate surface area is 104 Å². The van der Waals surface area contributed by atoms with Crippen molar-refractivity contribution in [2.45, 2.75) is 46.0 Å². The molecule has 1 saturated carbocycles. The molecule has 1 unspecified atom stereocenters. The summed E-state index contributed by atoms with van der Waals surface area (Å²) in [6, 6.07) is 0. The Morgan fingerprint density at radius 3 is 2.41 bits per heavy atom. The Hall–Kier alpha value is -0.570. The molecular formula is C14H25NO2. The lowest BCUT2D eigenvalue weighted by atomic mass is 9.80. The van der Waals surface area contributed by atoms with Crippen molar-refractivity contribution >= 4 is 5.91 Å². The van der Waals surface area contributed by atoms with Crippen LogP contribution in [0.25, 0.3) is 0 Å². The van der Waals surface area contributed by atoms with Crippen LogP contribution in [0.3, 0.4) is 0 Å². The van der Waals surface area contributed by atoms with Crippen LogP contribution in [-0.4, -0.2) is 35.6 Å².